The van der Waals surface area contributed by atoms with E-state index >= 15 is 0 Å². The van der Waals surface area contributed by atoms with Gasteiger partial charge in [0.2, 0.25) is 14.5 Å². The molecule has 0 saturated carbocycles. The summed E-state index contributed by atoms with van der Waals surface area (Å²) in [5.74, 6) is 0.250. The van der Waals surface area contributed by atoms with Gasteiger partial charge in [-0.3, -0.25) is 5.50 Å². The molecule has 0 unspecified atom stereocenters. The van der Waals surface area contributed by atoms with Gasteiger partial charge in [0.15, 0.2) is 5.65 Å². The third kappa shape index (κ3) is 3.19. The zero-order valence-electron chi connectivity index (χ0n) is 6.99. The fraction of sp³-hybridized carbons (Fsp3) is 0. The lowest BCUT2D eigenvalue weighted by molar-refractivity contribution is 0.485. The van der Waals surface area contributed by atoms with E-state index in [1.54, 1.807) is 12.5 Å². The first-order valence-electron chi connectivity index (χ1n) is 3.44. The summed E-state index contributed by atoms with van der Waals surface area (Å²) in [4.78, 5) is 29.3. The number of H-pyrrole nitrogens is 1. The molecule has 76 valence electrons. The van der Waals surface area contributed by atoms with E-state index in [-0.39, 0.29) is 5.95 Å². The number of nitrogens with zero attached hydrogens (tertiary/aromatic N) is 3. The van der Waals surface area contributed by atoms with Gasteiger partial charge in [0.05, 0.1) is 12.5 Å². The number of anilines is 1. The van der Waals surface area contributed by atoms with Crippen molar-refractivity contribution in [3.63, 3.8) is 0 Å². The highest BCUT2D eigenvalue weighted by atomic mass is 31.2. The summed E-state index contributed by atoms with van der Waals surface area (Å²) in [7, 11) is -2.12. The minimum atomic E-state index is -2.12. The van der Waals surface area contributed by atoms with Gasteiger partial charge in [-0.15, -0.1) is 0 Å². The smallest absolute Gasteiger partial charge is 0.247 e. The standard InChI is InChI=1S/C5H5N5.H4NO2P/c6-5-7-1-3-4(10-5)9-2-8-3;1-4(2)3/h1-2H,(H3,6,7,8,9,10);2-3H,1H2. The lowest BCUT2D eigenvalue weighted by atomic mass is 10.6. The molecule has 2 aromatic heterocycles. The number of hydrogen-bond acceptors (Lipinski definition) is 7. The number of nitrogens with two attached hydrogens (primary N) is 2. The molecule has 7 N–H and O–H groups in total. The molecule has 0 aliphatic carbocycles. The van der Waals surface area contributed by atoms with Crippen LogP contribution in [-0.4, -0.2) is 29.7 Å². The van der Waals surface area contributed by atoms with E-state index in [2.05, 4.69) is 25.4 Å². The summed E-state index contributed by atoms with van der Waals surface area (Å²) < 4.78 is 0. The number of fused-ring (bicyclic) bond motifs is 1. The van der Waals surface area contributed by atoms with Gasteiger partial charge < -0.3 is 20.5 Å². The van der Waals surface area contributed by atoms with E-state index in [4.69, 9.17) is 15.5 Å². The quantitative estimate of drug-likeness (QED) is 0.358. The number of aromatic nitrogens is 4. The minimum Gasteiger partial charge on any atom is -0.368 e. The Kier molecular flexibility index (Phi) is 3.66. The molecule has 9 heteroatoms. The fourth-order valence-electron chi connectivity index (χ4n) is 0.749. The van der Waals surface area contributed by atoms with Crippen LogP contribution in [0.25, 0.3) is 11.2 Å². The third-order valence-electron chi connectivity index (χ3n) is 1.19. The zero-order chi connectivity index (χ0) is 10.6. The Morgan fingerprint density at radius 1 is 1.36 bits per heavy atom. The second-order valence-electron chi connectivity index (χ2n) is 2.19. The first-order valence-corrected chi connectivity index (χ1v) is 4.75. The maximum absolute atomic E-state index is 7.45. The van der Waals surface area contributed by atoms with Crippen molar-refractivity contribution in [3.8, 4) is 0 Å². The second kappa shape index (κ2) is 4.77. The SMILES string of the molecule is NP(O)O.Nc1ncc2[nH]cnc2n1. The number of nitrogen functional groups attached to an aromatic ring is 1. The van der Waals surface area contributed by atoms with Crippen LogP contribution in [0.2, 0.25) is 0 Å². The highest BCUT2D eigenvalue weighted by molar-refractivity contribution is 7.42. The summed E-state index contributed by atoms with van der Waals surface area (Å²) in [6.45, 7) is 0. The molecule has 14 heavy (non-hydrogen) atoms. The van der Waals surface area contributed by atoms with Crippen LogP contribution in [0.5, 0.6) is 0 Å². The predicted octanol–water partition coefficient (Wildman–Crippen LogP) is -0.908. The molecule has 0 aliphatic heterocycles. The van der Waals surface area contributed by atoms with Gasteiger partial charge in [0.1, 0.15) is 5.52 Å². The van der Waals surface area contributed by atoms with Crippen LogP contribution in [0.3, 0.4) is 0 Å². The Hall–Kier alpha value is -1.34. The molecular weight excluding hydrogens is 207 g/mol. The zero-order valence-corrected chi connectivity index (χ0v) is 7.89. The van der Waals surface area contributed by atoms with Crippen LogP contribution in [0.4, 0.5) is 5.95 Å². The van der Waals surface area contributed by atoms with Crippen LogP contribution in [0, 0.1) is 0 Å². The van der Waals surface area contributed by atoms with E-state index in [1.165, 1.54) is 0 Å². The van der Waals surface area contributed by atoms with Gasteiger partial charge >= 0.3 is 0 Å². The topological polar surface area (TPSA) is 147 Å². The number of rotatable bonds is 0. The van der Waals surface area contributed by atoms with Crippen molar-refractivity contribution >= 4 is 25.6 Å². The molecule has 0 atom stereocenters. The molecular formula is C5H9N6O2P. The van der Waals surface area contributed by atoms with E-state index in [9.17, 15) is 0 Å². The molecule has 0 fully saturated rings. The van der Waals surface area contributed by atoms with Gasteiger partial charge in [0, 0.05) is 0 Å². The molecule has 0 radical (unpaired) electrons. The molecule has 0 aromatic carbocycles. The number of aromatic amines is 1. The molecule has 0 bridgehead atoms. The van der Waals surface area contributed by atoms with Gasteiger partial charge in [-0.05, 0) is 0 Å². The monoisotopic (exact) mass is 216 g/mol. The average molecular weight is 216 g/mol. The summed E-state index contributed by atoms with van der Waals surface area (Å²) in [6.07, 6.45) is 3.16. The summed E-state index contributed by atoms with van der Waals surface area (Å²) in [5.41, 5.74) is 11.0. The number of imidazole rings is 1. The Bertz CT molecular complexity index is 401. The van der Waals surface area contributed by atoms with Crippen LogP contribution in [-0.2, 0) is 0 Å². The van der Waals surface area contributed by atoms with E-state index in [0.717, 1.165) is 5.52 Å². The highest BCUT2D eigenvalue weighted by Gasteiger charge is 1.95. The molecule has 8 nitrogen and oxygen atoms in total. The lowest BCUT2D eigenvalue weighted by Gasteiger charge is -1.87. The minimum absolute atomic E-state index is 0.250. The Morgan fingerprint density at radius 2 is 2.00 bits per heavy atom. The maximum atomic E-state index is 7.45. The van der Waals surface area contributed by atoms with Crippen molar-refractivity contribution in [1.82, 2.24) is 19.9 Å². The maximum Gasteiger partial charge on any atom is 0.247 e. The van der Waals surface area contributed by atoms with Gasteiger partial charge in [-0.2, -0.15) is 4.98 Å². The molecule has 2 rings (SSSR count). The molecule has 0 saturated heterocycles. The van der Waals surface area contributed by atoms with Gasteiger partial charge in [0.25, 0.3) is 0 Å². The van der Waals surface area contributed by atoms with Gasteiger partial charge in [-0.25, -0.2) is 9.97 Å². The van der Waals surface area contributed by atoms with E-state index in [1.807, 2.05) is 0 Å². The molecule has 0 spiro atoms. The summed E-state index contributed by atoms with van der Waals surface area (Å²) in [5, 5.41) is 0. The highest BCUT2D eigenvalue weighted by Crippen LogP contribution is 2.05. The lowest BCUT2D eigenvalue weighted by Crippen LogP contribution is -1.93. The largest absolute Gasteiger partial charge is 0.368 e. The van der Waals surface area contributed by atoms with Crippen LogP contribution in [0.15, 0.2) is 12.5 Å². The summed E-state index contributed by atoms with van der Waals surface area (Å²) in [6, 6.07) is 0. The van der Waals surface area contributed by atoms with Crippen molar-refractivity contribution in [3.05, 3.63) is 12.5 Å². The first-order chi connectivity index (χ1) is 6.59. The van der Waals surface area contributed by atoms with Crippen molar-refractivity contribution < 1.29 is 9.79 Å². The van der Waals surface area contributed by atoms with E-state index in [0.29, 0.717) is 5.65 Å². The third-order valence-corrected chi connectivity index (χ3v) is 1.19. The Balaban J connectivity index is 0.000000213. The summed E-state index contributed by atoms with van der Waals surface area (Å²) >= 11 is 0. The van der Waals surface area contributed by atoms with Crippen LogP contribution < -0.4 is 11.2 Å². The van der Waals surface area contributed by atoms with E-state index < -0.39 is 8.53 Å². The van der Waals surface area contributed by atoms with Crippen molar-refractivity contribution in [1.29, 1.82) is 0 Å². The number of nitrogens with one attached hydrogen (secondary N) is 1. The van der Waals surface area contributed by atoms with Crippen LogP contribution in [0.1, 0.15) is 0 Å². The Morgan fingerprint density at radius 3 is 2.64 bits per heavy atom. The van der Waals surface area contributed by atoms with Crippen molar-refractivity contribution in [2.45, 2.75) is 0 Å². The van der Waals surface area contributed by atoms with Crippen LogP contribution >= 0.6 is 8.53 Å². The first kappa shape index (κ1) is 10.7. The number of hydrogen-bond donors (Lipinski definition) is 5. The Labute approximate surface area is 80.0 Å². The molecule has 2 aromatic rings. The fourth-order valence-corrected chi connectivity index (χ4v) is 0.749. The normalized spacial score (nSPS) is 10.0. The van der Waals surface area contributed by atoms with Crippen molar-refractivity contribution in [2.75, 3.05) is 5.73 Å². The van der Waals surface area contributed by atoms with Gasteiger partial charge in [-0.1, -0.05) is 0 Å². The van der Waals surface area contributed by atoms with Crippen molar-refractivity contribution in [2.24, 2.45) is 5.50 Å². The second-order valence-corrected chi connectivity index (χ2v) is 2.83. The molecule has 2 heterocycles. The molecule has 0 aliphatic rings. The predicted molar refractivity (Wildman–Crippen MR) is 51.6 cm³/mol. The average Bonchev–Trinajstić information content (AvgIpc) is 2.49. The molecule has 0 amide bonds.